The van der Waals surface area contributed by atoms with Gasteiger partial charge in [-0.15, -0.1) is 0 Å². The zero-order valence-electron chi connectivity index (χ0n) is 21.0. The minimum atomic E-state index is -1.65. The van der Waals surface area contributed by atoms with Crippen LogP contribution >= 0.6 is 0 Å². The number of ketones is 3. The number of nitrogens with one attached hydrogen (secondary N) is 2. The average Bonchev–Trinajstić information content (AvgIpc) is 3.14. The van der Waals surface area contributed by atoms with E-state index < -0.39 is 46.1 Å². The number of nitrogens with two attached hydrogens (primary N) is 1. The molecule has 0 saturated heterocycles. The molecule has 196 valence electrons. The molecule has 1 aliphatic heterocycles. The van der Waals surface area contributed by atoms with E-state index in [1.54, 1.807) is 0 Å². The van der Waals surface area contributed by atoms with E-state index in [0.29, 0.717) is 5.69 Å². The van der Waals surface area contributed by atoms with Crippen LogP contribution in [0, 0.1) is 6.92 Å². The Labute approximate surface area is 217 Å². The fourth-order valence-corrected chi connectivity index (χ4v) is 4.59. The zero-order valence-corrected chi connectivity index (χ0v) is 21.0. The number of rotatable bonds is 6. The van der Waals surface area contributed by atoms with Crippen molar-refractivity contribution in [2.24, 2.45) is 5.73 Å². The highest BCUT2D eigenvalue weighted by Crippen LogP contribution is 2.57. The molecule has 0 saturated carbocycles. The van der Waals surface area contributed by atoms with Gasteiger partial charge in [0.05, 0.1) is 17.7 Å². The average molecular weight is 520 g/mol. The summed E-state index contributed by atoms with van der Waals surface area (Å²) in [5.41, 5.74) is 3.87. The number of Topliss-reactive ketones (excluding diaryl/α,β-unsaturated/α-hetero) is 2. The van der Waals surface area contributed by atoms with Crippen LogP contribution in [0.4, 0.5) is 5.69 Å². The molecule has 2 aliphatic rings. The topological polar surface area (TPSA) is 185 Å². The van der Waals surface area contributed by atoms with Crippen molar-refractivity contribution >= 4 is 34.9 Å². The lowest BCUT2D eigenvalue weighted by molar-refractivity contribution is -0.124. The Bertz CT molecular complexity index is 1520. The standard InChI is InChI=1S/C27H25N3O8/c1-11-22(34)20(13(3)31)24-21(23(11)35)27(4)17(38-24)9-16(32)19(25(27)36)12(2)29-10-18(33)30-15-7-5-14(6-8-15)26(28)37/h5-9,29,34-35H,10H2,1-4H3,(H2,28,37)(H,30,33)/b19-12+/t27-/m0/s1. The number of fused-ring (bicyclic) bond motifs is 3. The number of anilines is 1. The molecule has 4 rings (SSSR count). The lowest BCUT2D eigenvalue weighted by atomic mass is 9.70. The van der Waals surface area contributed by atoms with Gasteiger partial charge in [0.15, 0.2) is 17.3 Å². The maximum Gasteiger partial charge on any atom is 0.248 e. The predicted molar refractivity (Wildman–Crippen MR) is 135 cm³/mol. The summed E-state index contributed by atoms with van der Waals surface area (Å²) in [6.07, 6.45) is 1.10. The lowest BCUT2D eigenvalue weighted by Gasteiger charge is -2.29. The van der Waals surface area contributed by atoms with Crippen molar-refractivity contribution in [1.29, 1.82) is 0 Å². The molecule has 6 N–H and O–H groups in total. The maximum absolute atomic E-state index is 13.8. The van der Waals surface area contributed by atoms with Crippen molar-refractivity contribution in [3.05, 3.63) is 69.6 Å². The number of hydrogen-bond donors (Lipinski definition) is 5. The quantitative estimate of drug-likeness (QED) is 0.216. The smallest absolute Gasteiger partial charge is 0.248 e. The summed E-state index contributed by atoms with van der Waals surface area (Å²) >= 11 is 0. The van der Waals surface area contributed by atoms with Gasteiger partial charge in [0.25, 0.3) is 0 Å². The molecule has 0 radical (unpaired) electrons. The van der Waals surface area contributed by atoms with Gasteiger partial charge in [0, 0.05) is 28.6 Å². The first-order chi connectivity index (χ1) is 17.8. The number of hydrogen-bond acceptors (Lipinski definition) is 9. The zero-order chi connectivity index (χ0) is 28.1. The summed E-state index contributed by atoms with van der Waals surface area (Å²) in [6.45, 7) is 5.22. The molecular formula is C27H25N3O8. The van der Waals surface area contributed by atoms with Gasteiger partial charge < -0.3 is 31.3 Å². The number of phenolic OH excluding ortho intramolecular Hbond substituents is 2. The Morgan fingerprint density at radius 1 is 1.05 bits per heavy atom. The van der Waals surface area contributed by atoms with Crippen LogP contribution in [0.5, 0.6) is 17.2 Å². The SMILES string of the molecule is CC(=O)c1c(O)c(C)c(O)c2c1OC1=CC(=O)/C(=C(/C)NCC(=O)Nc3ccc(C(N)=O)cc3)C(=O)[C@@]12C. The van der Waals surface area contributed by atoms with E-state index in [0.717, 1.165) is 6.08 Å². The summed E-state index contributed by atoms with van der Waals surface area (Å²) < 4.78 is 5.72. The minimum absolute atomic E-state index is 0.00867. The van der Waals surface area contributed by atoms with Crippen LogP contribution in [0.1, 0.15) is 52.6 Å². The van der Waals surface area contributed by atoms with Gasteiger partial charge in [-0.2, -0.15) is 0 Å². The van der Waals surface area contributed by atoms with Gasteiger partial charge in [-0.1, -0.05) is 0 Å². The van der Waals surface area contributed by atoms with Crippen LogP contribution in [0.15, 0.2) is 47.4 Å². The van der Waals surface area contributed by atoms with Crippen LogP contribution < -0.4 is 21.1 Å². The third-order valence-corrected chi connectivity index (χ3v) is 6.73. The highest BCUT2D eigenvalue weighted by atomic mass is 16.5. The molecule has 1 aliphatic carbocycles. The van der Waals surface area contributed by atoms with Crippen molar-refractivity contribution < 1.29 is 38.9 Å². The number of amides is 2. The molecule has 0 fully saturated rings. The fraction of sp³-hybridized carbons (Fsp3) is 0.222. The number of benzene rings is 2. The summed E-state index contributed by atoms with van der Waals surface area (Å²) in [6, 6.07) is 5.92. The van der Waals surface area contributed by atoms with E-state index in [9.17, 15) is 34.2 Å². The number of ether oxygens (including phenoxy) is 1. The first kappa shape index (κ1) is 26.1. The van der Waals surface area contributed by atoms with E-state index in [-0.39, 0.29) is 51.6 Å². The van der Waals surface area contributed by atoms with Crippen molar-refractivity contribution in [3.8, 4) is 17.2 Å². The Morgan fingerprint density at radius 2 is 1.68 bits per heavy atom. The van der Waals surface area contributed by atoms with Gasteiger partial charge in [-0.05, 0) is 52.0 Å². The number of aromatic hydroxyl groups is 2. The fourth-order valence-electron chi connectivity index (χ4n) is 4.59. The van der Waals surface area contributed by atoms with Crippen molar-refractivity contribution in [1.82, 2.24) is 5.32 Å². The number of carbonyl (C=O) groups excluding carboxylic acids is 5. The highest BCUT2D eigenvalue weighted by Gasteiger charge is 2.56. The third kappa shape index (κ3) is 3.97. The van der Waals surface area contributed by atoms with Gasteiger partial charge in [-0.25, -0.2) is 0 Å². The normalized spacial score (nSPS) is 19.1. The van der Waals surface area contributed by atoms with Crippen molar-refractivity contribution in [2.75, 3.05) is 11.9 Å². The number of primary amides is 1. The van der Waals surface area contributed by atoms with Crippen LogP contribution in [-0.2, 0) is 19.8 Å². The number of allylic oxidation sites excluding steroid dienone is 4. The maximum atomic E-state index is 13.8. The van der Waals surface area contributed by atoms with Crippen LogP contribution in [0.2, 0.25) is 0 Å². The molecule has 0 spiro atoms. The molecule has 0 unspecified atom stereocenters. The van der Waals surface area contributed by atoms with Gasteiger partial charge in [-0.3, -0.25) is 24.0 Å². The molecule has 2 aromatic carbocycles. The number of carbonyl (C=O) groups is 5. The van der Waals surface area contributed by atoms with E-state index in [1.165, 1.54) is 52.0 Å². The molecule has 11 heteroatoms. The Kier molecular flexibility index (Phi) is 6.32. The lowest BCUT2D eigenvalue weighted by Crippen LogP contribution is -2.41. The summed E-state index contributed by atoms with van der Waals surface area (Å²) in [4.78, 5) is 62.6. The van der Waals surface area contributed by atoms with Gasteiger partial charge in [0.2, 0.25) is 11.8 Å². The molecule has 0 aromatic heterocycles. The molecule has 1 atom stereocenters. The van der Waals surface area contributed by atoms with Crippen LogP contribution in [-0.4, -0.2) is 45.9 Å². The largest absolute Gasteiger partial charge is 0.507 e. The minimum Gasteiger partial charge on any atom is -0.507 e. The third-order valence-electron chi connectivity index (χ3n) is 6.73. The molecule has 2 aromatic rings. The second kappa shape index (κ2) is 9.18. The molecule has 2 amide bonds. The second-order valence-electron chi connectivity index (χ2n) is 9.23. The first-order valence-corrected chi connectivity index (χ1v) is 11.5. The van der Waals surface area contributed by atoms with Crippen LogP contribution in [0.3, 0.4) is 0 Å². The van der Waals surface area contributed by atoms with Gasteiger partial charge in [0.1, 0.15) is 34.0 Å². The molecule has 38 heavy (non-hydrogen) atoms. The van der Waals surface area contributed by atoms with E-state index >= 15 is 0 Å². The Morgan fingerprint density at radius 3 is 2.26 bits per heavy atom. The first-order valence-electron chi connectivity index (χ1n) is 11.5. The second-order valence-corrected chi connectivity index (χ2v) is 9.23. The highest BCUT2D eigenvalue weighted by molar-refractivity contribution is 6.31. The molecule has 1 heterocycles. The Balaban J connectivity index is 1.64. The Hall–Kier alpha value is -4.93. The van der Waals surface area contributed by atoms with Crippen molar-refractivity contribution in [3.63, 3.8) is 0 Å². The van der Waals surface area contributed by atoms with E-state index in [4.69, 9.17) is 10.5 Å². The summed E-state index contributed by atoms with van der Waals surface area (Å²) in [5, 5.41) is 26.7. The van der Waals surface area contributed by atoms with E-state index in [1.807, 2.05) is 0 Å². The summed E-state index contributed by atoms with van der Waals surface area (Å²) in [7, 11) is 0. The monoisotopic (exact) mass is 519 g/mol. The number of phenols is 2. The molecule has 0 bridgehead atoms. The molecular weight excluding hydrogens is 494 g/mol. The predicted octanol–water partition coefficient (Wildman–Crippen LogP) is 1.90. The van der Waals surface area contributed by atoms with E-state index in [2.05, 4.69) is 10.6 Å². The summed E-state index contributed by atoms with van der Waals surface area (Å²) in [5.74, 6) is -4.20. The van der Waals surface area contributed by atoms with Crippen LogP contribution in [0.25, 0.3) is 0 Å². The molecule has 11 nitrogen and oxygen atoms in total. The van der Waals surface area contributed by atoms with Crippen molar-refractivity contribution in [2.45, 2.75) is 33.1 Å². The van der Waals surface area contributed by atoms with Gasteiger partial charge >= 0.3 is 0 Å².